The molecular formula is C22H27N3O5. The Kier molecular flexibility index (Phi) is 7.91. The van der Waals surface area contributed by atoms with Crippen LogP contribution in [-0.4, -0.2) is 36.5 Å². The molecule has 2 aromatic rings. The summed E-state index contributed by atoms with van der Waals surface area (Å²) in [6, 6.07) is 12.2. The average Bonchev–Trinajstić information content (AvgIpc) is 2.72. The van der Waals surface area contributed by atoms with Crippen LogP contribution >= 0.6 is 0 Å². The van der Waals surface area contributed by atoms with Crippen molar-refractivity contribution < 1.29 is 19.2 Å². The summed E-state index contributed by atoms with van der Waals surface area (Å²) in [5.74, 6) is -0.977. The Labute approximate surface area is 176 Å². The number of para-hydroxylation sites is 1. The van der Waals surface area contributed by atoms with Gasteiger partial charge in [0, 0.05) is 30.9 Å². The smallest absolute Gasteiger partial charge is 0.308 e. The summed E-state index contributed by atoms with van der Waals surface area (Å²) in [4.78, 5) is 38.0. The molecule has 1 atom stereocenters. The maximum atomic E-state index is 12.8. The van der Waals surface area contributed by atoms with Gasteiger partial charge in [-0.2, -0.15) is 0 Å². The van der Waals surface area contributed by atoms with Gasteiger partial charge in [-0.15, -0.1) is 0 Å². The minimum Gasteiger partial charge on any atom is -0.463 e. The summed E-state index contributed by atoms with van der Waals surface area (Å²) < 4.78 is 5.18. The van der Waals surface area contributed by atoms with Crippen LogP contribution in [0.4, 0.5) is 11.4 Å². The largest absolute Gasteiger partial charge is 0.463 e. The molecule has 8 nitrogen and oxygen atoms in total. The van der Waals surface area contributed by atoms with Gasteiger partial charge in [-0.1, -0.05) is 18.2 Å². The fourth-order valence-corrected chi connectivity index (χ4v) is 2.96. The van der Waals surface area contributed by atoms with Gasteiger partial charge in [-0.25, -0.2) is 0 Å². The molecule has 0 radical (unpaired) electrons. The Morgan fingerprint density at radius 3 is 2.33 bits per heavy atom. The van der Waals surface area contributed by atoms with Crippen molar-refractivity contribution in [2.75, 3.05) is 18.5 Å². The summed E-state index contributed by atoms with van der Waals surface area (Å²) in [5, 5.41) is 14.2. The van der Waals surface area contributed by atoms with E-state index in [1.807, 2.05) is 31.0 Å². The van der Waals surface area contributed by atoms with Gasteiger partial charge in [-0.05, 0) is 45.0 Å². The highest BCUT2D eigenvalue weighted by atomic mass is 16.6. The predicted molar refractivity (Wildman–Crippen MR) is 115 cm³/mol. The number of nitro groups is 1. The lowest BCUT2D eigenvalue weighted by Crippen LogP contribution is -2.31. The lowest BCUT2D eigenvalue weighted by atomic mass is 10.0. The average molecular weight is 413 g/mol. The Morgan fingerprint density at radius 1 is 1.13 bits per heavy atom. The fourth-order valence-electron chi connectivity index (χ4n) is 2.96. The molecule has 1 N–H and O–H groups in total. The van der Waals surface area contributed by atoms with E-state index in [4.69, 9.17) is 4.74 Å². The highest BCUT2D eigenvalue weighted by Gasteiger charge is 2.27. The van der Waals surface area contributed by atoms with Gasteiger partial charge in [0.2, 0.25) is 0 Å². The number of nitrogens with zero attached hydrogens (tertiary/aromatic N) is 2. The van der Waals surface area contributed by atoms with Crippen LogP contribution in [0.5, 0.6) is 0 Å². The van der Waals surface area contributed by atoms with E-state index in [0.717, 1.165) is 12.2 Å². The standard InChI is InChI=1S/C22H27N3O5/c1-5-24(4)17-12-10-16(11-13-17)22(27)23-19(14-21(26)30-15(2)3)18-8-6-7-9-20(18)25(28)29/h6-13,15,19H,5,14H2,1-4H3,(H,23,27). The van der Waals surface area contributed by atoms with E-state index in [2.05, 4.69) is 5.32 Å². The third kappa shape index (κ3) is 6.04. The van der Waals surface area contributed by atoms with Crippen LogP contribution in [0.1, 0.15) is 49.2 Å². The molecule has 0 aromatic heterocycles. The zero-order valence-corrected chi connectivity index (χ0v) is 17.6. The lowest BCUT2D eigenvalue weighted by molar-refractivity contribution is -0.385. The molecular weight excluding hydrogens is 386 g/mol. The maximum absolute atomic E-state index is 12.8. The molecule has 160 valence electrons. The van der Waals surface area contributed by atoms with E-state index in [-0.39, 0.29) is 23.8 Å². The number of benzene rings is 2. The number of ether oxygens (including phenoxy) is 1. The minimum absolute atomic E-state index is 0.167. The van der Waals surface area contributed by atoms with E-state index in [1.54, 1.807) is 32.0 Å². The number of hydrogen-bond donors (Lipinski definition) is 1. The van der Waals surface area contributed by atoms with Crippen molar-refractivity contribution in [2.45, 2.75) is 39.3 Å². The number of nitro benzene ring substituents is 1. The van der Waals surface area contributed by atoms with Gasteiger partial charge in [0.1, 0.15) is 0 Å². The number of nitrogens with one attached hydrogen (secondary N) is 1. The molecule has 1 unspecified atom stereocenters. The van der Waals surface area contributed by atoms with Crippen LogP contribution in [0, 0.1) is 10.1 Å². The van der Waals surface area contributed by atoms with E-state index in [0.29, 0.717) is 5.56 Å². The third-order valence-corrected chi connectivity index (χ3v) is 4.60. The number of anilines is 1. The predicted octanol–water partition coefficient (Wildman–Crippen LogP) is 3.86. The zero-order valence-electron chi connectivity index (χ0n) is 17.6. The van der Waals surface area contributed by atoms with Crippen LogP contribution in [0.15, 0.2) is 48.5 Å². The Hall–Kier alpha value is -3.42. The van der Waals surface area contributed by atoms with Gasteiger partial charge in [0.15, 0.2) is 0 Å². The van der Waals surface area contributed by atoms with Gasteiger partial charge in [0.25, 0.3) is 11.6 Å². The molecule has 0 aliphatic rings. The fraction of sp³-hybridized carbons (Fsp3) is 0.364. The molecule has 0 aliphatic heterocycles. The number of carbonyl (C=O) groups excluding carboxylic acids is 2. The highest BCUT2D eigenvalue weighted by Crippen LogP contribution is 2.28. The van der Waals surface area contributed by atoms with Crippen molar-refractivity contribution in [3.05, 3.63) is 69.8 Å². The van der Waals surface area contributed by atoms with Gasteiger partial charge >= 0.3 is 5.97 Å². The second kappa shape index (κ2) is 10.4. The molecule has 0 heterocycles. The second-order valence-corrected chi connectivity index (χ2v) is 7.15. The van der Waals surface area contributed by atoms with Crippen molar-refractivity contribution in [2.24, 2.45) is 0 Å². The number of rotatable bonds is 9. The van der Waals surface area contributed by atoms with Crippen molar-refractivity contribution in [3.8, 4) is 0 Å². The first kappa shape index (κ1) is 22.9. The number of amides is 1. The Balaban J connectivity index is 2.30. The second-order valence-electron chi connectivity index (χ2n) is 7.15. The Morgan fingerprint density at radius 2 is 1.77 bits per heavy atom. The summed E-state index contributed by atoms with van der Waals surface area (Å²) in [5.41, 5.74) is 1.44. The molecule has 0 saturated heterocycles. The van der Waals surface area contributed by atoms with E-state index < -0.39 is 22.8 Å². The molecule has 0 saturated carbocycles. The number of hydrogen-bond acceptors (Lipinski definition) is 6. The first-order valence-electron chi connectivity index (χ1n) is 9.77. The first-order valence-corrected chi connectivity index (χ1v) is 9.77. The van der Waals surface area contributed by atoms with Crippen LogP contribution in [0.3, 0.4) is 0 Å². The van der Waals surface area contributed by atoms with Gasteiger partial charge in [-0.3, -0.25) is 19.7 Å². The van der Waals surface area contributed by atoms with Crippen LogP contribution in [0.2, 0.25) is 0 Å². The van der Waals surface area contributed by atoms with Crippen LogP contribution < -0.4 is 10.2 Å². The quantitative estimate of drug-likeness (QED) is 0.380. The summed E-state index contributed by atoms with van der Waals surface area (Å²) in [7, 11) is 1.94. The molecule has 2 aromatic carbocycles. The Bertz CT molecular complexity index is 896. The lowest BCUT2D eigenvalue weighted by Gasteiger charge is -2.20. The third-order valence-electron chi connectivity index (χ3n) is 4.60. The molecule has 0 spiro atoms. The van der Waals surface area contributed by atoms with E-state index in [1.165, 1.54) is 18.2 Å². The molecule has 0 fully saturated rings. The SMILES string of the molecule is CCN(C)c1ccc(C(=O)NC(CC(=O)OC(C)C)c2ccccc2[N+](=O)[O-])cc1. The zero-order chi connectivity index (χ0) is 22.3. The molecule has 1 amide bonds. The normalized spacial score (nSPS) is 11.6. The molecule has 0 aliphatic carbocycles. The van der Waals surface area contributed by atoms with E-state index >= 15 is 0 Å². The van der Waals surface area contributed by atoms with Crippen molar-refractivity contribution in [3.63, 3.8) is 0 Å². The monoisotopic (exact) mass is 413 g/mol. The molecule has 30 heavy (non-hydrogen) atoms. The van der Waals surface area contributed by atoms with Gasteiger partial charge in [0.05, 0.1) is 29.1 Å². The van der Waals surface area contributed by atoms with Crippen molar-refractivity contribution in [1.82, 2.24) is 5.32 Å². The van der Waals surface area contributed by atoms with E-state index in [9.17, 15) is 19.7 Å². The maximum Gasteiger partial charge on any atom is 0.308 e. The molecule has 8 heteroatoms. The summed E-state index contributed by atoms with van der Waals surface area (Å²) in [6.07, 6.45) is -0.548. The molecule has 0 bridgehead atoms. The van der Waals surface area contributed by atoms with Gasteiger partial charge < -0.3 is 15.0 Å². The first-order chi connectivity index (χ1) is 14.2. The number of esters is 1. The number of carbonyl (C=O) groups is 2. The summed E-state index contributed by atoms with van der Waals surface area (Å²) in [6.45, 7) is 6.27. The molecule has 2 rings (SSSR count). The van der Waals surface area contributed by atoms with Crippen LogP contribution in [0.25, 0.3) is 0 Å². The summed E-state index contributed by atoms with van der Waals surface area (Å²) >= 11 is 0. The highest BCUT2D eigenvalue weighted by molar-refractivity contribution is 5.95. The minimum atomic E-state index is -0.900. The van der Waals surface area contributed by atoms with Crippen LogP contribution in [-0.2, 0) is 9.53 Å². The topological polar surface area (TPSA) is 102 Å². The van der Waals surface area contributed by atoms with Crippen molar-refractivity contribution in [1.29, 1.82) is 0 Å². The van der Waals surface area contributed by atoms with Crippen molar-refractivity contribution >= 4 is 23.3 Å².